The Balaban J connectivity index is 1.62. The molecule has 0 unspecified atom stereocenters. The quantitative estimate of drug-likeness (QED) is 0.730. The fourth-order valence-corrected chi connectivity index (χ4v) is 2.93. The molecule has 2 N–H and O–H groups in total. The summed E-state index contributed by atoms with van der Waals surface area (Å²) in [6.07, 6.45) is 0. The standard InChI is InChI=1S/C19H13ClN2O3/c20-14-8-16-17(25-10-18(23)21-16)9-15(14)22-19(24)13-6-5-11-3-1-2-4-12(11)7-13/h1-9H,10H2,(H,21,23)(H,22,24). The molecule has 0 aliphatic carbocycles. The highest BCUT2D eigenvalue weighted by molar-refractivity contribution is 6.34. The Morgan fingerprint density at radius 1 is 1.08 bits per heavy atom. The maximum absolute atomic E-state index is 12.5. The van der Waals surface area contributed by atoms with Gasteiger partial charge in [0.1, 0.15) is 5.75 Å². The van der Waals surface area contributed by atoms with Crippen molar-refractivity contribution < 1.29 is 14.3 Å². The van der Waals surface area contributed by atoms with Crippen molar-refractivity contribution >= 4 is 45.6 Å². The van der Waals surface area contributed by atoms with Gasteiger partial charge in [-0.05, 0) is 29.0 Å². The van der Waals surface area contributed by atoms with Crippen molar-refractivity contribution in [3.63, 3.8) is 0 Å². The lowest BCUT2D eigenvalue weighted by atomic mass is 10.1. The van der Waals surface area contributed by atoms with E-state index in [1.807, 2.05) is 36.4 Å². The van der Waals surface area contributed by atoms with Crippen LogP contribution in [0.5, 0.6) is 5.75 Å². The minimum Gasteiger partial charge on any atom is -0.482 e. The number of rotatable bonds is 2. The molecule has 5 nitrogen and oxygen atoms in total. The summed E-state index contributed by atoms with van der Waals surface area (Å²) < 4.78 is 5.35. The number of amides is 2. The molecule has 25 heavy (non-hydrogen) atoms. The van der Waals surface area contributed by atoms with Gasteiger partial charge in [-0.25, -0.2) is 0 Å². The molecule has 2 amide bonds. The van der Waals surface area contributed by atoms with E-state index < -0.39 is 0 Å². The zero-order chi connectivity index (χ0) is 17.4. The van der Waals surface area contributed by atoms with Crippen LogP contribution in [-0.4, -0.2) is 18.4 Å². The molecule has 1 aliphatic rings. The van der Waals surface area contributed by atoms with Crippen LogP contribution in [0, 0.1) is 0 Å². The van der Waals surface area contributed by atoms with E-state index in [0.717, 1.165) is 10.8 Å². The molecule has 0 spiro atoms. The summed E-state index contributed by atoms with van der Waals surface area (Å²) in [6.45, 7) is -0.0628. The maximum Gasteiger partial charge on any atom is 0.262 e. The number of carbonyl (C=O) groups is 2. The van der Waals surface area contributed by atoms with Crippen molar-refractivity contribution in [2.75, 3.05) is 17.2 Å². The number of carbonyl (C=O) groups excluding carboxylic acids is 2. The topological polar surface area (TPSA) is 67.4 Å². The highest BCUT2D eigenvalue weighted by Crippen LogP contribution is 2.36. The SMILES string of the molecule is O=C1COc2cc(NC(=O)c3ccc4ccccc4c3)c(Cl)cc2N1. The van der Waals surface area contributed by atoms with Crippen LogP contribution < -0.4 is 15.4 Å². The van der Waals surface area contributed by atoms with Crippen LogP contribution in [0.1, 0.15) is 10.4 Å². The molecule has 3 aromatic carbocycles. The fourth-order valence-electron chi connectivity index (χ4n) is 2.72. The first-order valence-corrected chi connectivity index (χ1v) is 8.04. The molecule has 0 saturated heterocycles. The predicted octanol–water partition coefficient (Wildman–Crippen LogP) is 4.08. The van der Waals surface area contributed by atoms with Crippen LogP contribution in [0.3, 0.4) is 0 Å². The summed E-state index contributed by atoms with van der Waals surface area (Å²) in [5, 5.41) is 7.83. The number of hydrogen-bond donors (Lipinski definition) is 2. The lowest BCUT2D eigenvalue weighted by Crippen LogP contribution is -2.25. The van der Waals surface area contributed by atoms with Gasteiger partial charge in [0.15, 0.2) is 6.61 Å². The second-order valence-corrected chi connectivity index (χ2v) is 6.09. The molecular weight excluding hydrogens is 340 g/mol. The number of benzene rings is 3. The summed E-state index contributed by atoms with van der Waals surface area (Å²) in [5.74, 6) is -0.0400. The molecule has 0 aromatic heterocycles. The molecule has 6 heteroatoms. The van der Waals surface area contributed by atoms with E-state index in [0.29, 0.717) is 27.7 Å². The summed E-state index contributed by atoms with van der Waals surface area (Å²) in [6, 6.07) is 16.5. The second-order valence-electron chi connectivity index (χ2n) is 5.68. The molecule has 0 atom stereocenters. The Kier molecular flexibility index (Phi) is 3.78. The highest BCUT2D eigenvalue weighted by Gasteiger charge is 2.19. The minimum atomic E-state index is -0.271. The molecule has 0 radical (unpaired) electrons. The Morgan fingerprint density at radius 3 is 2.72 bits per heavy atom. The molecule has 3 aromatic rings. The first-order chi connectivity index (χ1) is 12.1. The van der Waals surface area contributed by atoms with Crippen molar-refractivity contribution in [3.05, 3.63) is 65.2 Å². The van der Waals surface area contributed by atoms with E-state index >= 15 is 0 Å². The molecule has 1 aliphatic heterocycles. The van der Waals surface area contributed by atoms with E-state index in [1.54, 1.807) is 18.2 Å². The molecule has 0 fully saturated rings. The van der Waals surface area contributed by atoms with Gasteiger partial charge in [0.2, 0.25) is 0 Å². The zero-order valence-electron chi connectivity index (χ0n) is 13.0. The molecule has 0 saturated carbocycles. The number of halogens is 1. The third-order valence-electron chi connectivity index (χ3n) is 3.96. The van der Waals surface area contributed by atoms with Crippen molar-refractivity contribution in [2.45, 2.75) is 0 Å². The minimum absolute atomic E-state index is 0.0628. The average molecular weight is 353 g/mol. The van der Waals surface area contributed by atoms with E-state index in [1.165, 1.54) is 0 Å². The van der Waals surface area contributed by atoms with Crippen LogP contribution in [0.2, 0.25) is 5.02 Å². The monoisotopic (exact) mass is 352 g/mol. The molecule has 124 valence electrons. The van der Waals surface area contributed by atoms with Crippen LogP contribution in [-0.2, 0) is 4.79 Å². The molecule has 0 bridgehead atoms. The van der Waals surface area contributed by atoms with Gasteiger partial charge in [-0.15, -0.1) is 0 Å². The van der Waals surface area contributed by atoms with Crippen LogP contribution in [0.15, 0.2) is 54.6 Å². The van der Waals surface area contributed by atoms with E-state index in [4.69, 9.17) is 16.3 Å². The highest BCUT2D eigenvalue weighted by atomic mass is 35.5. The van der Waals surface area contributed by atoms with E-state index in [-0.39, 0.29) is 18.4 Å². The number of fused-ring (bicyclic) bond motifs is 2. The van der Waals surface area contributed by atoms with Crippen LogP contribution >= 0.6 is 11.6 Å². The molecular formula is C19H13ClN2O3. The van der Waals surface area contributed by atoms with Crippen molar-refractivity contribution in [1.29, 1.82) is 0 Å². The Bertz CT molecular complexity index is 1020. The molecule has 1 heterocycles. The maximum atomic E-state index is 12.5. The largest absolute Gasteiger partial charge is 0.482 e. The predicted molar refractivity (Wildman–Crippen MR) is 97.5 cm³/mol. The van der Waals surface area contributed by atoms with Gasteiger partial charge in [-0.1, -0.05) is 41.9 Å². The zero-order valence-corrected chi connectivity index (χ0v) is 13.8. The van der Waals surface area contributed by atoms with Crippen molar-refractivity contribution in [3.8, 4) is 5.75 Å². The van der Waals surface area contributed by atoms with Gasteiger partial charge >= 0.3 is 0 Å². The van der Waals surface area contributed by atoms with Gasteiger partial charge in [0.25, 0.3) is 11.8 Å². The third-order valence-corrected chi connectivity index (χ3v) is 4.27. The lowest BCUT2D eigenvalue weighted by molar-refractivity contribution is -0.118. The summed E-state index contributed by atoms with van der Waals surface area (Å²) in [7, 11) is 0. The summed E-state index contributed by atoms with van der Waals surface area (Å²) >= 11 is 6.21. The number of hydrogen-bond acceptors (Lipinski definition) is 3. The van der Waals surface area contributed by atoms with E-state index in [2.05, 4.69) is 10.6 Å². The van der Waals surface area contributed by atoms with Gasteiger partial charge in [0, 0.05) is 11.6 Å². The fraction of sp³-hybridized carbons (Fsp3) is 0.0526. The third kappa shape index (κ3) is 3.02. The van der Waals surface area contributed by atoms with Gasteiger partial charge in [-0.2, -0.15) is 0 Å². The first-order valence-electron chi connectivity index (χ1n) is 7.66. The van der Waals surface area contributed by atoms with Crippen LogP contribution in [0.4, 0.5) is 11.4 Å². The van der Waals surface area contributed by atoms with Gasteiger partial charge in [0.05, 0.1) is 16.4 Å². The van der Waals surface area contributed by atoms with Gasteiger partial charge in [-0.3, -0.25) is 9.59 Å². The Hall–Kier alpha value is -3.05. The van der Waals surface area contributed by atoms with Gasteiger partial charge < -0.3 is 15.4 Å². The number of ether oxygens (including phenoxy) is 1. The van der Waals surface area contributed by atoms with Crippen molar-refractivity contribution in [2.24, 2.45) is 0 Å². The lowest BCUT2D eigenvalue weighted by Gasteiger charge is -2.19. The number of anilines is 2. The number of nitrogens with one attached hydrogen (secondary N) is 2. The van der Waals surface area contributed by atoms with Crippen LogP contribution in [0.25, 0.3) is 10.8 Å². The smallest absolute Gasteiger partial charge is 0.262 e. The van der Waals surface area contributed by atoms with E-state index in [9.17, 15) is 9.59 Å². The molecule has 4 rings (SSSR count). The summed E-state index contributed by atoms with van der Waals surface area (Å²) in [4.78, 5) is 23.9. The Morgan fingerprint density at radius 2 is 1.88 bits per heavy atom. The van der Waals surface area contributed by atoms with Crippen molar-refractivity contribution in [1.82, 2.24) is 0 Å². The average Bonchev–Trinajstić information content (AvgIpc) is 2.62. The second kappa shape index (κ2) is 6.11. The first kappa shape index (κ1) is 15.5. The summed E-state index contributed by atoms with van der Waals surface area (Å²) in [5.41, 5.74) is 1.45. The Labute approximate surface area is 148 Å². The normalized spacial score (nSPS) is 12.9.